The van der Waals surface area contributed by atoms with Crippen molar-refractivity contribution in [3.63, 3.8) is 0 Å². The Morgan fingerprint density at radius 2 is 2.07 bits per heavy atom. The van der Waals surface area contributed by atoms with E-state index in [-0.39, 0.29) is 0 Å². The molecule has 0 fully saturated rings. The molecule has 0 unspecified atom stereocenters. The lowest BCUT2D eigenvalue weighted by Gasteiger charge is -2.03. The number of methoxy groups -OCH3 is 1. The molecule has 2 aromatic rings. The van der Waals surface area contributed by atoms with Gasteiger partial charge in [-0.2, -0.15) is 0 Å². The van der Waals surface area contributed by atoms with Crippen LogP contribution >= 0.6 is 0 Å². The van der Waals surface area contributed by atoms with Crippen LogP contribution in [0.2, 0.25) is 0 Å². The maximum absolute atomic E-state index is 10.8. The van der Waals surface area contributed by atoms with Gasteiger partial charge < -0.3 is 9.15 Å². The van der Waals surface area contributed by atoms with Crippen LogP contribution < -0.4 is 4.74 Å². The smallest absolute Gasteiger partial charge is 0.177 e. The summed E-state index contributed by atoms with van der Waals surface area (Å²) in [5.41, 5.74) is 2.25. The van der Waals surface area contributed by atoms with Crippen LogP contribution in [0.25, 0.3) is 11.0 Å². The first-order chi connectivity index (χ1) is 7.19. The Bertz CT molecular complexity index is 523. The molecular formula is C12H12O3. The van der Waals surface area contributed by atoms with Crippen LogP contribution in [0.4, 0.5) is 0 Å². The number of carbonyl (C=O) groups is 1. The van der Waals surface area contributed by atoms with Crippen molar-refractivity contribution in [1.29, 1.82) is 0 Å². The van der Waals surface area contributed by atoms with Gasteiger partial charge in [-0.1, -0.05) is 0 Å². The molecule has 0 saturated heterocycles. The van der Waals surface area contributed by atoms with E-state index in [2.05, 4.69) is 0 Å². The average Bonchev–Trinajstić information content (AvgIpc) is 2.54. The highest BCUT2D eigenvalue weighted by molar-refractivity contribution is 5.94. The van der Waals surface area contributed by atoms with Crippen LogP contribution in [0.5, 0.6) is 5.75 Å². The fraction of sp³-hybridized carbons (Fsp3) is 0.250. The van der Waals surface area contributed by atoms with Crippen LogP contribution in [-0.4, -0.2) is 13.4 Å². The summed E-state index contributed by atoms with van der Waals surface area (Å²) in [5.74, 6) is 1.37. The lowest BCUT2D eigenvalue weighted by Crippen LogP contribution is -1.90. The third-order valence-electron chi connectivity index (χ3n) is 2.66. The second-order valence-electron chi connectivity index (χ2n) is 3.47. The predicted octanol–water partition coefficient (Wildman–Crippen LogP) is 2.87. The molecule has 3 nitrogen and oxygen atoms in total. The van der Waals surface area contributed by atoms with Gasteiger partial charge in [-0.3, -0.25) is 4.79 Å². The van der Waals surface area contributed by atoms with Gasteiger partial charge in [0.1, 0.15) is 5.76 Å². The molecule has 1 aromatic heterocycles. The summed E-state index contributed by atoms with van der Waals surface area (Å²) in [6, 6.07) is 3.63. The molecule has 0 bridgehead atoms. The van der Waals surface area contributed by atoms with Gasteiger partial charge in [-0.05, 0) is 31.5 Å². The van der Waals surface area contributed by atoms with Crippen LogP contribution in [-0.2, 0) is 0 Å². The highest BCUT2D eigenvalue weighted by Crippen LogP contribution is 2.34. The molecule has 0 aliphatic rings. The normalized spacial score (nSPS) is 10.6. The summed E-state index contributed by atoms with van der Waals surface area (Å²) in [7, 11) is 1.54. The van der Waals surface area contributed by atoms with Gasteiger partial charge in [0.15, 0.2) is 17.6 Å². The topological polar surface area (TPSA) is 39.4 Å². The molecule has 1 aromatic carbocycles. The molecule has 0 radical (unpaired) electrons. The fourth-order valence-electron chi connectivity index (χ4n) is 1.70. The van der Waals surface area contributed by atoms with E-state index in [1.165, 1.54) is 7.11 Å². The second kappa shape index (κ2) is 3.42. The summed E-state index contributed by atoms with van der Waals surface area (Å²) in [6.07, 6.45) is 0.769. The molecule has 2 rings (SSSR count). The number of benzene rings is 1. The highest BCUT2D eigenvalue weighted by Gasteiger charge is 2.14. The zero-order valence-electron chi connectivity index (χ0n) is 8.96. The lowest BCUT2D eigenvalue weighted by atomic mass is 10.1. The van der Waals surface area contributed by atoms with Gasteiger partial charge in [-0.25, -0.2) is 0 Å². The van der Waals surface area contributed by atoms with E-state index in [4.69, 9.17) is 9.15 Å². The Hall–Kier alpha value is -1.77. The van der Waals surface area contributed by atoms with Crippen LogP contribution in [0.3, 0.4) is 0 Å². The number of furan rings is 1. The van der Waals surface area contributed by atoms with Crippen LogP contribution in [0.15, 0.2) is 16.5 Å². The summed E-state index contributed by atoms with van der Waals surface area (Å²) in [5, 5.41) is 0.995. The highest BCUT2D eigenvalue weighted by atomic mass is 16.5. The minimum absolute atomic E-state index is 0.513. The van der Waals surface area contributed by atoms with Crippen molar-refractivity contribution in [2.45, 2.75) is 13.8 Å². The van der Waals surface area contributed by atoms with Crippen LogP contribution in [0.1, 0.15) is 21.7 Å². The Morgan fingerprint density at radius 1 is 1.33 bits per heavy atom. The molecule has 0 amide bonds. The molecule has 0 aliphatic carbocycles. The summed E-state index contributed by atoms with van der Waals surface area (Å²) in [6.45, 7) is 3.89. The summed E-state index contributed by atoms with van der Waals surface area (Å²) < 4.78 is 10.8. The Morgan fingerprint density at radius 3 is 2.67 bits per heavy atom. The van der Waals surface area contributed by atoms with Gasteiger partial charge in [-0.15, -0.1) is 0 Å². The summed E-state index contributed by atoms with van der Waals surface area (Å²) >= 11 is 0. The lowest BCUT2D eigenvalue weighted by molar-refractivity contribution is 0.112. The molecule has 0 spiro atoms. The van der Waals surface area contributed by atoms with Gasteiger partial charge in [0, 0.05) is 5.39 Å². The number of hydrogen-bond acceptors (Lipinski definition) is 3. The van der Waals surface area contributed by atoms with Crippen molar-refractivity contribution < 1.29 is 13.9 Å². The van der Waals surface area contributed by atoms with E-state index < -0.39 is 0 Å². The fourth-order valence-corrected chi connectivity index (χ4v) is 1.70. The minimum atomic E-state index is 0.513. The number of hydrogen-bond donors (Lipinski definition) is 0. The van der Waals surface area contributed by atoms with E-state index >= 15 is 0 Å². The van der Waals surface area contributed by atoms with Crippen LogP contribution in [0, 0.1) is 13.8 Å². The maximum atomic E-state index is 10.8. The van der Waals surface area contributed by atoms with Crippen molar-refractivity contribution >= 4 is 17.3 Å². The van der Waals surface area contributed by atoms with Gasteiger partial charge in [0.2, 0.25) is 0 Å². The number of fused-ring (bicyclic) bond motifs is 1. The number of aryl methyl sites for hydroxylation is 2. The van der Waals surface area contributed by atoms with E-state index in [0.29, 0.717) is 16.9 Å². The Labute approximate surface area is 87.6 Å². The number of ether oxygens (including phenoxy) is 1. The number of rotatable bonds is 2. The largest absolute Gasteiger partial charge is 0.492 e. The molecule has 0 N–H and O–H groups in total. The Balaban J connectivity index is 2.88. The van der Waals surface area contributed by atoms with Gasteiger partial charge in [0.25, 0.3) is 0 Å². The zero-order chi connectivity index (χ0) is 11.0. The van der Waals surface area contributed by atoms with Crippen molar-refractivity contribution in [3.8, 4) is 5.75 Å². The van der Waals surface area contributed by atoms with E-state index in [0.717, 1.165) is 23.0 Å². The van der Waals surface area contributed by atoms with Crippen molar-refractivity contribution in [2.75, 3.05) is 7.11 Å². The van der Waals surface area contributed by atoms with E-state index in [1.54, 1.807) is 6.07 Å². The third-order valence-corrected chi connectivity index (χ3v) is 2.66. The first kappa shape index (κ1) is 9.77. The summed E-state index contributed by atoms with van der Waals surface area (Å²) in [4.78, 5) is 10.8. The second-order valence-corrected chi connectivity index (χ2v) is 3.47. The van der Waals surface area contributed by atoms with Crippen molar-refractivity contribution in [2.24, 2.45) is 0 Å². The van der Waals surface area contributed by atoms with Gasteiger partial charge in [0.05, 0.1) is 12.7 Å². The molecule has 0 saturated carbocycles. The SMILES string of the molecule is COc1c(C=O)ccc2c(C)c(C)oc12. The average molecular weight is 204 g/mol. The molecular weight excluding hydrogens is 192 g/mol. The Kier molecular flexibility index (Phi) is 2.23. The monoisotopic (exact) mass is 204 g/mol. The number of aldehydes is 1. The predicted molar refractivity (Wildman–Crippen MR) is 57.6 cm³/mol. The number of carbonyl (C=O) groups excluding carboxylic acids is 1. The van der Waals surface area contributed by atoms with Crippen molar-refractivity contribution in [1.82, 2.24) is 0 Å². The van der Waals surface area contributed by atoms with Gasteiger partial charge >= 0.3 is 0 Å². The molecule has 0 aliphatic heterocycles. The van der Waals surface area contributed by atoms with E-state index in [1.807, 2.05) is 19.9 Å². The quantitative estimate of drug-likeness (QED) is 0.706. The molecule has 0 atom stereocenters. The molecule has 78 valence electrons. The standard InChI is InChI=1S/C12H12O3/c1-7-8(2)15-12-10(7)5-4-9(6-13)11(12)14-3/h4-6H,1-3H3. The maximum Gasteiger partial charge on any atom is 0.177 e. The molecule has 3 heteroatoms. The first-order valence-electron chi connectivity index (χ1n) is 4.71. The molecule has 15 heavy (non-hydrogen) atoms. The first-order valence-corrected chi connectivity index (χ1v) is 4.71. The third kappa shape index (κ3) is 1.31. The van der Waals surface area contributed by atoms with Crippen molar-refractivity contribution in [3.05, 3.63) is 29.0 Å². The molecule has 1 heterocycles. The zero-order valence-corrected chi connectivity index (χ0v) is 8.96. The van der Waals surface area contributed by atoms with E-state index in [9.17, 15) is 4.79 Å². The minimum Gasteiger partial charge on any atom is -0.492 e.